The summed E-state index contributed by atoms with van der Waals surface area (Å²) in [5.74, 6) is 0.317. The second-order valence-corrected chi connectivity index (χ2v) is 8.46. The Morgan fingerprint density at radius 1 is 1.11 bits per heavy atom. The van der Waals surface area contributed by atoms with Crippen molar-refractivity contribution in [2.45, 2.75) is 0 Å². The van der Waals surface area contributed by atoms with Gasteiger partial charge in [-0.2, -0.15) is 0 Å². The van der Waals surface area contributed by atoms with Crippen LogP contribution in [0.2, 0.25) is 0 Å². The molecule has 2 heterocycles. The number of carbonyl (C=O) groups excluding carboxylic acids is 2. The average Bonchev–Trinajstić information content (AvgIpc) is 3.42. The van der Waals surface area contributed by atoms with Crippen molar-refractivity contribution in [3.63, 3.8) is 0 Å². The van der Waals surface area contributed by atoms with E-state index in [9.17, 15) is 19.7 Å². The van der Waals surface area contributed by atoms with E-state index in [1.807, 2.05) is 0 Å². The fourth-order valence-electron chi connectivity index (χ4n) is 3.84. The number of benzene rings is 2. The van der Waals surface area contributed by atoms with Crippen molar-refractivity contribution in [1.82, 2.24) is 15.5 Å². The van der Waals surface area contributed by atoms with E-state index in [2.05, 4.69) is 15.5 Å². The van der Waals surface area contributed by atoms with Gasteiger partial charge in [0.05, 0.1) is 25.2 Å². The smallest absolute Gasteiger partial charge is 0.270 e. The highest BCUT2D eigenvalue weighted by Crippen LogP contribution is 2.26. The summed E-state index contributed by atoms with van der Waals surface area (Å²) in [7, 11) is 1.53. The molecular formula is C27H28N4O7. The van der Waals surface area contributed by atoms with E-state index in [1.54, 1.807) is 48.5 Å². The number of furan rings is 1. The molecule has 38 heavy (non-hydrogen) atoms. The largest absolute Gasteiger partial charge is 0.497 e. The lowest BCUT2D eigenvalue weighted by Crippen LogP contribution is -2.42. The molecule has 0 saturated carbocycles. The maximum Gasteiger partial charge on any atom is 0.270 e. The van der Waals surface area contributed by atoms with Gasteiger partial charge in [0.25, 0.3) is 17.5 Å². The molecule has 11 heteroatoms. The third-order valence-corrected chi connectivity index (χ3v) is 5.92. The van der Waals surface area contributed by atoms with Gasteiger partial charge in [-0.3, -0.25) is 24.6 Å². The molecule has 198 valence electrons. The molecule has 11 nitrogen and oxygen atoms in total. The van der Waals surface area contributed by atoms with Gasteiger partial charge < -0.3 is 24.5 Å². The predicted molar refractivity (Wildman–Crippen MR) is 140 cm³/mol. The van der Waals surface area contributed by atoms with E-state index < -0.39 is 16.7 Å². The number of nitro benzene ring substituents is 1. The van der Waals surface area contributed by atoms with E-state index in [0.717, 1.165) is 13.1 Å². The van der Waals surface area contributed by atoms with Gasteiger partial charge in [0.15, 0.2) is 0 Å². The van der Waals surface area contributed by atoms with E-state index in [1.165, 1.54) is 25.3 Å². The van der Waals surface area contributed by atoms with Crippen LogP contribution in [0.4, 0.5) is 5.69 Å². The zero-order valence-electron chi connectivity index (χ0n) is 20.8. The van der Waals surface area contributed by atoms with Gasteiger partial charge in [0.1, 0.15) is 23.0 Å². The molecule has 1 fully saturated rings. The van der Waals surface area contributed by atoms with Crippen LogP contribution >= 0.6 is 0 Å². The van der Waals surface area contributed by atoms with Crippen LogP contribution in [0.25, 0.3) is 17.4 Å². The number of nitrogens with zero attached hydrogens (tertiary/aromatic N) is 2. The van der Waals surface area contributed by atoms with E-state index >= 15 is 0 Å². The topological polar surface area (TPSA) is 136 Å². The zero-order chi connectivity index (χ0) is 26.9. The van der Waals surface area contributed by atoms with Crippen LogP contribution in [-0.2, 0) is 9.53 Å². The van der Waals surface area contributed by atoms with Gasteiger partial charge in [0.2, 0.25) is 0 Å². The molecule has 0 unspecified atom stereocenters. The fraction of sp³-hybridized carbons (Fsp3) is 0.259. The minimum absolute atomic E-state index is 0.00672. The monoisotopic (exact) mass is 520 g/mol. The number of non-ortho nitro benzene ring substituents is 1. The van der Waals surface area contributed by atoms with E-state index in [0.29, 0.717) is 54.7 Å². The Balaban J connectivity index is 1.52. The molecule has 1 aliphatic rings. The predicted octanol–water partition coefficient (Wildman–Crippen LogP) is 3.08. The quantitative estimate of drug-likeness (QED) is 0.236. The van der Waals surface area contributed by atoms with Gasteiger partial charge in [-0.15, -0.1) is 0 Å². The fourth-order valence-corrected chi connectivity index (χ4v) is 3.84. The highest BCUT2D eigenvalue weighted by Gasteiger charge is 2.17. The minimum atomic E-state index is -0.485. The van der Waals surface area contributed by atoms with Crippen molar-refractivity contribution >= 4 is 23.6 Å². The summed E-state index contributed by atoms with van der Waals surface area (Å²) in [5.41, 5.74) is 0.781. The maximum atomic E-state index is 13.1. The number of amides is 2. The SMILES string of the molecule is COc1ccc(C(=O)N/C(=C\c2ccc(-c3cccc([N+](=O)[O-])c3)o2)C(=O)NCCN2CCOCC2)cc1. The molecule has 0 radical (unpaired) electrons. The molecule has 2 aromatic carbocycles. The minimum Gasteiger partial charge on any atom is -0.497 e. The van der Waals surface area contributed by atoms with Crippen LogP contribution in [-0.4, -0.2) is 68.1 Å². The Morgan fingerprint density at radius 3 is 2.58 bits per heavy atom. The summed E-state index contributed by atoms with van der Waals surface area (Å²) in [6, 6.07) is 15.8. The first-order chi connectivity index (χ1) is 18.4. The van der Waals surface area contributed by atoms with Crippen molar-refractivity contribution in [2.24, 2.45) is 0 Å². The molecule has 2 N–H and O–H groups in total. The van der Waals surface area contributed by atoms with Crippen molar-refractivity contribution in [2.75, 3.05) is 46.5 Å². The average molecular weight is 521 g/mol. The Kier molecular flexibility index (Phi) is 8.85. The Bertz CT molecular complexity index is 1310. The maximum absolute atomic E-state index is 13.1. The second-order valence-electron chi connectivity index (χ2n) is 8.46. The lowest BCUT2D eigenvalue weighted by molar-refractivity contribution is -0.384. The molecule has 3 aromatic rings. The van der Waals surface area contributed by atoms with Crippen LogP contribution < -0.4 is 15.4 Å². The van der Waals surface area contributed by atoms with Crippen molar-refractivity contribution < 1.29 is 28.4 Å². The number of ether oxygens (including phenoxy) is 2. The zero-order valence-corrected chi connectivity index (χ0v) is 20.8. The first-order valence-electron chi connectivity index (χ1n) is 12.0. The number of rotatable bonds is 10. The number of nitro groups is 1. The number of methoxy groups -OCH3 is 1. The third-order valence-electron chi connectivity index (χ3n) is 5.92. The first kappa shape index (κ1) is 26.6. The van der Waals surface area contributed by atoms with Gasteiger partial charge in [0, 0.05) is 55.5 Å². The Hall–Kier alpha value is -4.48. The molecule has 1 aliphatic heterocycles. The van der Waals surface area contributed by atoms with Crippen molar-refractivity contribution in [3.05, 3.63) is 87.8 Å². The summed E-state index contributed by atoms with van der Waals surface area (Å²) < 4.78 is 16.3. The molecule has 0 aliphatic carbocycles. The van der Waals surface area contributed by atoms with Gasteiger partial charge in [-0.05, 0) is 36.4 Å². The normalized spacial score (nSPS) is 14.1. The van der Waals surface area contributed by atoms with Gasteiger partial charge in [-0.1, -0.05) is 12.1 Å². The van der Waals surface area contributed by atoms with Crippen LogP contribution in [0.3, 0.4) is 0 Å². The molecule has 2 amide bonds. The highest BCUT2D eigenvalue weighted by molar-refractivity contribution is 6.05. The number of hydrogen-bond donors (Lipinski definition) is 2. The van der Waals surface area contributed by atoms with Crippen LogP contribution in [0.15, 0.2) is 70.8 Å². The number of nitrogens with one attached hydrogen (secondary N) is 2. The Morgan fingerprint density at radius 2 is 1.87 bits per heavy atom. The molecular weight excluding hydrogens is 492 g/mol. The molecule has 1 aromatic heterocycles. The van der Waals surface area contributed by atoms with E-state index in [-0.39, 0.29) is 11.4 Å². The van der Waals surface area contributed by atoms with Gasteiger partial charge >= 0.3 is 0 Å². The highest BCUT2D eigenvalue weighted by atomic mass is 16.6. The van der Waals surface area contributed by atoms with Crippen molar-refractivity contribution in [1.29, 1.82) is 0 Å². The third kappa shape index (κ3) is 7.05. The van der Waals surface area contributed by atoms with Gasteiger partial charge in [-0.25, -0.2) is 0 Å². The summed E-state index contributed by atoms with van der Waals surface area (Å²) >= 11 is 0. The molecule has 0 atom stereocenters. The molecule has 0 spiro atoms. The summed E-state index contributed by atoms with van der Waals surface area (Å²) in [6.07, 6.45) is 1.42. The lowest BCUT2D eigenvalue weighted by atomic mass is 10.1. The van der Waals surface area contributed by atoms with E-state index in [4.69, 9.17) is 13.9 Å². The molecule has 0 bridgehead atoms. The lowest BCUT2D eigenvalue weighted by Gasteiger charge is -2.26. The summed E-state index contributed by atoms with van der Waals surface area (Å²) in [5, 5.41) is 16.6. The van der Waals surface area contributed by atoms with Crippen molar-refractivity contribution in [3.8, 4) is 17.1 Å². The number of hydrogen-bond acceptors (Lipinski definition) is 8. The Labute approximate surface area is 219 Å². The number of carbonyl (C=O) groups is 2. The first-order valence-corrected chi connectivity index (χ1v) is 12.0. The molecule has 4 rings (SSSR count). The summed E-state index contributed by atoms with van der Waals surface area (Å²) in [6.45, 7) is 3.92. The van der Waals surface area contributed by atoms with Crippen LogP contribution in [0.1, 0.15) is 16.1 Å². The number of morpholine rings is 1. The van der Waals surface area contributed by atoms with Crippen LogP contribution in [0.5, 0.6) is 5.75 Å². The second kappa shape index (κ2) is 12.7. The van der Waals surface area contributed by atoms with Crippen LogP contribution in [0, 0.1) is 10.1 Å². The standard InChI is InChI=1S/C27H28N4O7/c1-36-22-7-5-19(6-8-22)26(32)29-24(27(33)28-11-12-30-13-15-37-16-14-30)18-23-9-10-25(38-23)20-3-2-4-21(17-20)31(34)35/h2-10,17-18H,11-16H2,1H3,(H,28,33)(H,29,32)/b24-18-. The summed E-state index contributed by atoms with van der Waals surface area (Å²) in [4.78, 5) is 38.8. The molecule has 1 saturated heterocycles.